The number of Topliss-reactive ketones (excluding diaryl/α,β-unsaturated/α-hetero) is 1. The van der Waals surface area contributed by atoms with E-state index in [2.05, 4.69) is 41.9 Å². The zero-order valence-corrected chi connectivity index (χ0v) is 13.5. The molecule has 20 heavy (non-hydrogen) atoms. The van der Waals surface area contributed by atoms with Gasteiger partial charge in [-0.1, -0.05) is 66.2 Å². The first-order valence-corrected chi connectivity index (χ1v) is 7.75. The highest BCUT2D eigenvalue weighted by Crippen LogP contribution is 2.22. The van der Waals surface area contributed by atoms with Crippen LogP contribution in [0.5, 0.6) is 0 Å². The number of hydrogen-bond acceptors (Lipinski definition) is 1. The molecule has 0 atom stereocenters. The molecule has 1 nitrogen and oxygen atoms in total. The second-order valence-electron chi connectivity index (χ2n) is 5.44. The predicted molar refractivity (Wildman–Crippen MR) is 88.0 cm³/mol. The molecule has 0 radical (unpaired) electrons. The smallest absolute Gasteiger partial charge is 0.162 e. The van der Waals surface area contributed by atoms with E-state index in [9.17, 15) is 4.79 Å². The van der Waals surface area contributed by atoms with Gasteiger partial charge < -0.3 is 0 Å². The van der Waals surface area contributed by atoms with Crippen LogP contribution in [-0.4, -0.2) is 5.78 Å². The fourth-order valence-electron chi connectivity index (χ4n) is 2.06. The van der Waals surface area contributed by atoms with Gasteiger partial charge in [-0.15, -0.1) is 0 Å². The predicted octanol–water partition coefficient (Wildman–Crippen LogP) is 5.74. The highest BCUT2D eigenvalue weighted by atomic mass is 79.9. The fourth-order valence-corrected chi connectivity index (χ4v) is 2.32. The van der Waals surface area contributed by atoms with E-state index in [1.54, 1.807) is 0 Å². The summed E-state index contributed by atoms with van der Waals surface area (Å²) in [5.41, 5.74) is 3.11. The van der Waals surface area contributed by atoms with Crippen molar-refractivity contribution in [1.82, 2.24) is 0 Å². The van der Waals surface area contributed by atoms with Gasteiger partial charge in [0.1, 0.15) is 0 Å². The van der Waals surface area contributed by atoms with Crippen LogP contribution in [0.1, 0.15) is 37.0 Å². The molecule has 2 heteroatoms. The van der Waals surface area contributed by atoms with E-state index in [0.29, 0.717) is 12.3 Å². The normalized spacial score (nSPS) is 10.8. The Morgan fingerprint density at radius 3 is 1.95 bits per heavy atom. The van der Waals surface area contributed by atoms with Gasteiger partial charge in [-0.2, -0.15) is 0 Å². The van der Waals surface area contributed by atoms with E-state index < -0.39 is 0 Å². The number of ketones is 1. The molecule has 2 rings (SSSR count). The number of benzene rings is 2. The minimum absolute atomic E-state index is 0.237. The third-order valence-corrected chi connectivity index (χ3v) is 3.86. The molecule has 0 aliphatic carbocycles. The van der Waals surface area contributed by atoms with E-state index >= 15 is 0 Å². The fraction of sp³-hybridized carbons (Fsp3) is 0.278. The Morgan fingerprint density at radius 1 is 0.950 bits per heavy atom. The Hall–Kier alpha value is -1.41. The molecule has 0 fully saturated rings. The van der Waals surface area contributed by atoms with Gasteiger partial charge in [0.05, 0.1) is 0 Å². The molecule has 0 saturated heterocycles. The van der Waals surface area contributed by atoms with Crippen LogP contribution in [0.25, 0.3) is 11.1 Å². The quantitative estimate of drug-likeness (QED) is 0.639. The van der Waals surface area contributed by atoms with Crippen LogP contribution in [0.15, 0.2) is 53.0 Å². The van der Waals surface area contributed by atoms with Gasteiger partial charge >= 0.3 is 0 Å². The van der Waals surface area contributed by atoms with Crippen molar-refractivity contribution in [3.05, 3.63) is 58.6 Å². The molecule has 0 amide bonds. The summed E-state index contributed by atoms with van der Waals surface area (Å²) in [6.45, 7) is 4.29. The third-order valence-electron chi connectivity index (χ3n) is 3.33. The van der Waals surface area contributed by atoms with Crippen molar-refractivity contribution in [3.8, 4) is 11.1 Å². The van der Waals surface area contributed by atoms with Gasteiger partial charge in [0.15, 0.2) is 5.78 Å². The Labute approximate surface area is 129 Å². The van der Waals surface area contributed by atoms with E-state index in [-0.39, 0.29) is 5.78 Å². The summed E-state index contributed by atoms with van der Waals surface area (Å²) in [5.74, 6) is 0.807. The summed E-state index contributed by atoms with van der Waals surface area (Å²) in [6.07, 6.45) is 1.59. The molecule has 0 N–H and O–H groups in total. The van der Waals surface area contributed by atoms with E-state index in [0.717, 1.165) is 27.6 Å². The minimum Gasteiger partial charge on any atom is -0.294 e. The largest absolute Gasteiger partial charge is 0.294 e. The van der Waals surface area contributed by atoms with Crippen LogP contribution in [-0.2, 0) is 0 Å². The summed E-state index contributed by atoms with van der Waals surface area (Å²) >= 11 is 3.43. The third kappa shape index (κ3) is 4.04. The van der Waals surface area contributed by atoms with Gasteiger partial charge in [-0.05, 0) is 35.6 Å². The Bertz CT molecular complexity index is 567. The second kappa shape index (κ2) is 6.85. The molecule has 0 unspecified atom stereocenters. The van der Waals surface area contributed by atoms with Gasteiger partial charge in [0.25, 0.3) is 0 Å². The standard InChI is InChI=1S/C18H19BrO/c1-13(2)3-12-18(20)16-6-4-14(5-7-16)15-8-10-17(19)11-9-15/h4-11,13H,3,12H2,1-2H3. The summed E-state index contributed by atoms with van der Waals surface area (Å²) in [6, 6.07) is 16.1. The van der Waals surface area contributed by atoms with Crippen molar-refractivity contribution < 1.29 is 4.79 Å². The van der Waals surface area contributed by atoms with Crippen molar-refractivity contribution in [1.29, 1.82) is 0 Å². The van der Waals surface area contributed by atoms with Crippen LogP contribution in [0, 0.1) is 5.92 Å². The van der Waals surface area contributed by atoms with Crippen LogP contribution in [0.2, 0.25) is 0 Å². The minimum atomic E-state index is 0.237. The summed E-state index contributed by atoms with van der Waals surface area (Å²) in [7, 11) is 0. The van der Waals surface area contributed by atoms with Crippen LogP contribution in [0.3, 0.4) is 0 Å². The summed E-state index contributed by atoms with van der Waals surface area (Å²) in [5, 5.41) is 0. The molecule has 0 heterocycles. The van der Waals surface area contributed by atoms with Gasteiger partial charge in [0.2, 0.25) is 0 Å². The molecule has 2 aromatic carbocycles. The Balaban J connectivity index is 2.10. The lowest BCUT2D eigenvalue weighted by molar-refractivity contribution is 0.0975. The highest BCUT2D eigenvalue weighted by molar-refractivity contribution is 9.10. The first-order chi connectivity index (χ1) is 9.56. The zero-order valence-electron chi connectivity index (χ0n) is 11.9. The number of hydrogen-bond donors (Lipinski definition) is 0. The second-order valence-corrected chi connectivity index (χ2v) is 6.36. The SMILES string of the molecule is CC(C)CCC(=O)c1ccc(-c2ccc(Br)cc2)cc1. The number of halogens is 1. The lowest BCUT2D eigenvalue weighted by atomic mass is 9.99. The van der Waals surface area contributed by atoms with Crippen LogP contribution in [0.4, 0.5) is 0 Å². The van der Waals surface area contributed by atoms with E-state index in [1.165, 1.54) is 0 Å². The Morgan fingerprint density at radius 2 is 1.45 bits per heavy atom. The lowest BCUT2D eigenvalue weighted by Gasteiger charge is -2.06. The molecular formula is C18H19BrO. The van der Waals surface area contributed by atoms with E-state index in [4.69, 9.17) is 0 Å². The van der Waals surface area contributed by atoms with Crippen molar-refractivity contribution in [3.63, 3.8) is 0 Å². The van der Waals surface area contributed by atoms with Gasteiger partial charge in [-0.3, -0.25) is 4.79 Å². The molecule has 2 aromatic rings. The van der Waals surface area contributed by atoms with E-state index in [1.807, 2.05) is 36.4 Å². The molecular weight excluding hydrogens is 312 g/mol. The van der Waals surface area contributed by atoms with Crippen molar-refractivity contribution in [2.24, 2.45) is 5.92 Å². The molecule has 0 aromatic heterocycles. The van der Waals surface area contributed by atoms with Crippen molar-refractivity contribution in [2.45, 2.75) is 26.7 Å². The van der Waals surface area contributed by atoms with Crippen molar-refractivity contribution >= 4 is 21.7 Å². The molecule has 0 aliphatic heterocycles. The lowest BCUT2D eigenvalue weighted by Crippen LogP contribution is -2.01. The average Bonchev–Trinajstić information content (AvgIpc) is 2.46. The van der Waals surface area contributed by atoms with Crippen LogP contribution < -0.4 is 0 Å². The maximum absolute atomic E-state index is 12.0. The monoisotopic (exact) mass is 330 g/mol. The maximum Gasteiger partial charge on any atom is 0.162 e. The van der Waals surface area contributed by atoms with Gasteiger partial charge in [0, 0.05) is 16.5 Å². The molecule has 104 valence electrons. The summed E-state index contributed by atoms with van der Waals surface area (Å²) in [4.78, 5) is 12.0. The number of rotatable bonds is 5. The topological polar surface area (TPSA) is 17.1 Å². The Kier molecular flexibility index (Phi) is 5.13. The molecule has 0 saturated carbocycles. The first kappa shape index (κ1) is 15.0. The highest BCUT2D eigenvalue weighted by Gasteiger charge is 2.07. The molecule has 0 aliphatic rings. The maximum atomic E-state index is 12.0. The summed E-state index contributed by atoms with van der Waals surface area (Å²) < 4.78 is 1.07. The first-order valence-electron chi connectivity index (χ1n) is 6.95. The van der Waals surface area contributed by atoms with Gasteiger partial charge in [-0.25, -0.2) is 0 Å². The van der Waals surface area contributed by atoms with Crippen LogP contribution >= 0.6 is 15.9 Å². The number of carbonyl (C=O) groups excluding carboxylic acids is 1. The zero-order chi connectivity index (χ0) is 14.5. The number of carbonyl (C=O) groups is 1. The molecule has 0 spiro atoms. The van der Waals surface area contributed by atoms with Crippen molar-refractivity contribution in [2.75, 3.05) is 0 Å². The molecule has 0 bridgehead atoms. The average molecular weight is 331 g/mol.